The van der Waals surface area contributed by atoms with Crippen molar-refractivity contribution in [3.05, 3.63) is 71.7 Å². The zero-order valence-electron chi connectivity index (χ0n) is 15.9. The van der Waals surface area contributed by atoms with Crippen LogP contribution in [0.2, 0.25) is 0 Å². The number of primary sulfonamides is 1. The minimum Gasteiger partial charge on any atom is -0.347 e. The maximum atomic E-state index is 13.2. The molecule has 1 atom stereocenters. The zero-order valence-corrected chi connectivity index (χ0v) is 16.7. The number of nitrogens with two attached hydrogens (primary N) is 1. The van der Waals surface area contributed by atoms with Gasteiger partial charge in [-0.05, 0) is 54.4 Å². The summed E-state index contributed by atoms with van der Waals surface area (Å²) < 4.78 is 37.5. The number of rotatable bonds is 6. The second-order valence-corrected chi connectivity index (χ2v) is 8.55. The average Bonchev–Trinajstić information content (AvgIpc) is 3.16. The van der Waals surface area contributed by atoms with Crippen LogP contribution in [0.5, 0.6) is 0 Å². The molecule has 1 aromatic heterocycles. The van der Waals surface area contributed by atoms with Crippen molar-refractivity contribution in [2.45, 2.75) is 17.5 Å². The van der Waals surface area contributed by atoms with Crippen LogP contribution in [0.1, 0.15) is 22.2 Å². The highest BCUT2D eigenvalue weighted by molar-refractivity contribution is 7.89. The lowest BCUT2D eigenvalue weighted by Gasteiger charge is -2.25. The lowest BCUT2D eigenvalue weighted by molar-refractivity contribution is 0.0900. The van der Waals surface area contributed by atoms with Crippen LogP contribution in [0, 0.1) is 5.82 Å². The number of fused-ring (bicyclic) bond motifs is 1. The Hall–Kier alpha value is -3.08. The Bertz CT molecular complexity index is 1170. The van der Waals surface area contributed by atoms with Crippen LogP contribution in [-0.2, 0) is 16.4 Å². The highest BCUT2D eigenvalue weighted by atomic mass is 32.2. The lowest BCUT2D eigenvalue weighted by Crippen LogP contribution is -2.45. The molecule has 4 N–H and O–H groups in total. The molecule has 0 aliphatic carbocycles. The van der Waals surface area contributed by atoms with Gasteiger partial charge in [0.1, 0.15) is 17.7 Å². The number of carbonyl (C=O) groups excluding carboxylic acids is 1. The number of amides is 1. The van der Waals surface area contributed by atoms with Crippen molar-refractivity contribution < 1.29 is 17.6 Å². The van der Waals surface area contributed by atoms with Gasteiger partial charge in [-0.1, -0.05) is 12.1 Å². The third-order valence-electron chi connectivity index (χ3n) is 4.91. The maximum absolute atomic E-state index is 13.2. The second kappa shape index (κ2) is 7.98. The van der Waals surface area contributed by atoms with Crippen molar-refractivity contribution in [2.24, 2.45) is 5.14 Å². The van der Waals surface area contributed by atoms with Crippen LogP contribution in [0.4, 0.5) is 4.39 Å². The monoisotopic (exact) mass is 429 g/mol. The van der Waals surface area contributed by atoms with E-state index in [1.165, 1.54) is 24.3 Å². The summed E-state index contributed by atoms with van der Waals surface area (Å²) in [6.45, 7) is 0.959. The van der Waals surface area contributed by atoms with Gasteiger partial charge >= 0.3 is 0 Å². The van der Waals surface area contributed by atoms with Crippen LogP contribution in [0.25, 0.3) is 11.3 Å². The number of benzene rings is 2. The summed E-state index contributed by atoms with van der Waals surface area (Å²) in [7, 11) is -3.71. The van der Waals surface area contributed by atoms with E-state index in [1.54, 1.807) is 35.0 Å². The Balaban J connectivity index is 1.45. The van der Waals surface area contributed by atoms with Crippen LogP contribution in [-0.4, -0.2) is 37.2 Å². The number of nitrogens with zero attached hydrogens (tertiary/aromatic N) is 2. The molecule has 30 heavy (non-hydrogen) atoms. The molecule has 0 radical (unpaired) electrons. The van der Waals surface area contributed by atoms with E-state index >= 15 is 0 Å². The molecule has 0 fully saturated rings. The third kappa shape index (κ3) is 4.25. The summed E-state index contributed by atoms with van der Waals surface area (Å²) in [6.07, 6.45) is 0.409. The van der Waals surface area contributed by atoms with Gasteiger partial charge in [0, 0.05) is 12.1 Å². The molecule has 2 aromatic carbocycles. The molecule has 0 saturated carbocycles. The molecule has 8 nitrogen and oxygen atoms in total. The fourth-order valence-electron chi connectivity index (χ4n) is 3.32. The SMILES string of the molecule is NS(=O)(=O)c1ccc(CCN[C@H]2CNC(=O)c3cc(-c4ccc(F)cc4)nn32)cc1. The highest BCUT2D eigenvalue weighted by Crippen LogP contribution is 2.23. The molecule has 0 unspecified atom stereocenters. The maximum Gasteiger partial charge on any atom is 0.269 e. The predicted octanol–water partition coefficient (Wildman–Crippen LogP) is 1.41. The number of hydrogen-bond donors (Lipinski definition) is 3. The topological polar surface area (TPSA) is 119 Å². The fourth-order valence-corrected chi connectivity index (χ4v) is 3.83. The lowest BCUT2D eigenvalue weighted by atomic mass is 10.1. The Morgan fingerprint density at radius 3 is 2.53 bits per heavy atom. The van der Waals surface area contributed by atoms with Crippen molar-refractivity contribution in [1.29, 1.82) is 0 Å². The second-order valence-electron chi connectivity index (χ2n) is 6.99. The van der Waals surface area contributed by atoms with E-state index < -0.39 is 10.0 Å². The summed E-state index contributed by atoms with van der Waals surface area (Å²) in [6, 6.07) is 14.0. The summed E-state index contributed by atoms with van der Waals surface area (Å²) in [5.74, 6) is -0.551. The molecule has 0 bridgehead atoms. The molecule has 1 aliphatic rings. The molecule has 1 amide bonds. The molecule has 156 valence electrons. The minimum atomic E-state index is -3.71. The fraction of sp³-hybridized carbons (Fsp3) is 0.200. The van der Waals surface area contributed by atoms with Crippen molar-refractivity contribution in [2.75, 3.05) is 13.1 Å². The number of aromatic nitrogens is 2. The summed E-state index contributed by atoms with van der Waals surface area (Å²) >= 11 is 0. The van der Waals surface area contributed by atoms with Crippen molar-refractivity contribution >= 4 is 15.9 Å². The Labute approximate surface area is 172 Å². The van der Waals surface area contributed by atoms with Crippen LogP contribution >= 0.6 is 0 Å². The third-order valence-corrected chi connectivity index (χ3v) is 5.83. The van der Waals surface area contributed by atoms with Gasteiger partial charge in [-0.25, -0.2) is 22.6 Å². The van der Waals surface area contributed by atoms with Gasteiger partial charge in [0.05, 0.1) is 17.1 Å². The molecule has 0 spiro atoms. The van der Waals surface area contributed by atoms with Gasteiger partial charge in [0.2, 0.25) is 10.0 Å². The van der Waals surface area contributed by atoms with E-state index in [4.69, 9.17) is 5.14 Å². The first-order valence-electron chi connectivity index (χ1n) is 9.30. The largest absolute Gasteiger partial charge is 0.347 e. The quantitative estimate of drug-likeness (QED) is 0.547. The summed E-state index contributed by atoms with van der Waals surface area (Å²) in [4.78, 5) is 12.3. The smallest absolute Gasteiger partial charge is 0.269 e. The first-order chi connectivity index (χ1) is 14.3. The predicted molar refractivity (Wildman–Crippen MR) is 109 cm³/mol. The van der Waals surface area contributed by atoms with Gasteiger partial charge in [-0.2, -0.15) is 5.10 Å². The number of sulfonamides is 1. The highest BCUT2D eigenvalue weighted by Gasteiger charge is 2.27. The molecule has 0 saturated heterocycles. The Morgan fingerprint density at radius 1 is 1.17 bits per heavy atom. The molecule has 4 rings (SSSR count). The normalized spacial score (nSPS) is 16.2. The van der Waals surface area contributed by atoms with E-state index in [0.717, 1.165) is 11.1 Å². The summed E-state index contributed by atoms with van der Waals surface area (Å²) in [5.41, 5.74) is 2.69. The van der Waals surface area contributed by atoms with Gasteiger partial charge in [-0.15, -0.1) is 0 Å². The van der Waals surface area contributed by atoms with Crippen molar-refractivity contribution in [3.63, 3.8) is 0 Å². The van der Waals surface area contributed by atoms with Gasteiger partial charge < -0.3 is 5.32 Å². The van der Waals surface area contributed by atoms with Gasteiger partial charge in [-0.3, -0.25) is 10.1 Å². The Kier molecular flexibility index (Phi) is 5.37. The number of nitrogens with one attached hydrogen (secondary N) is 2. The van der Waals surface area contributed by atoms with E-state index in [-0.39, 0.29) is 22.8 Å². The van der Waals surface area contributed by atoms with Crippen LogP contribution in [0.15, 0.2) is 59.5 Å². The first kappa shape index (κ1) is 20.2. The molecule has 2 heterocycles. The zero-order chi connectivity index (χ0) is 21.3. The number of hydrogen-bond acceptors (Lipinski definition) is 5. The van der Waals surface area contributed by atoms with Gasteiger partial charge in [0.25, 0.3) is 5.91 Å². The van der Waals surface area contributed by atoms with E-state index in [2.05, 4.69) is 15.7 Å². The minimum absolute atomic E-state index is 0.0729. The Morgan fingerprint density at radius 2 is 1.87 bits per heavy atom. The van der Waals surface area contributed by atoms with E-state index in [1.807, 2.05) is 0 Å². The molecular formula is C20H20FN5O3S. The van der Waals surface area contributed by atoms with E-state index in [9.17, 15) is 17.6 Å². The van der Waals surface area contributed by atoms with Crippen molar-refractivity contribution in [3.8, 4) is 11.3 Å². The number of halogens is 1. The number of carbonyl (C=O) groups is 1. The molecular weight excluding hydrogens is 409 g/mol. The first-order valence-corrected chi connectivity index (χ1v) is 10.8. The molecule has 1 aliphatic heterocycles. The average molecular weight is 429 g/mol. The standard InChI is InChI=1S/C20H20FN5O3S/c21-15-5-3-14(4-6-15)17-11-18-20(27)24-12-19(26(18)25-17)23-10-9-13-1-7-16(8-2-13)30(22,28)29/h1-8,11,19,23H,9-10,12H2,(H,24,27)(H2,22,28,29)/t19-/m1/s1. The van der Waals surface area contributed by atoms with Crippen LogP contribution in [0.3, 0.4) is 0 Å². The van der Waals surface area contributed by atoms with Crippen LogP contribution < -0.4 is 15.8 Å². The molecule has 3 aromatic rings. The summed E-state index contributed by atoms with van der Waals surface area (Å²) in [5, 5.41) is 15.8. The van der Waals surface area contributed by atoms with Gasteiger partial charge in [0.15, 0.2) is 0 Å². The van der Waals surface area contributed by atoms with Crippen molar-refractivity contribution in [1.82, 2.24) is 20.4 Å². The molecule has 10 heteroatoms. The van der Waals surface area contributed by atoms with E-state index in [0.29, 0.717) is 30.9 Å².